The van der Waals surface area contributed by atoms with Gasteiger partial charge in [0.05, 0.1) is 4.88 Å². The van der Waals surface area contributed by atoms with Crippen LogP contribution in [0.2, 0.25) is 0 Å². The van der Waals surface area contributed by atoms with Crippen LogP contribution in [0.4, 0.5) is 0 Å². The molecular weight excluding hydrogens is 566 g/mol. The van der Waals surface area contributed by atoms with Crippen LogP contribution in [0.25, 0.3) is 91.5 Å². The summed E-state index contributed by atoms with van der Waals surface area (Å²) in [7, 11) is 0. The second kappa shape index (κ2) is 8.34. The maximum atomic E-state index is 5.99. The average Bonchev–Trinajstić information content (AvgIpc) is 3.81. The van der Waals surface area contributed by atoms with E-state index in [1.165, 1.54) is 36.4 Å². The van der Waals surface area contributed by atoms with Gasteiger partial charge in [0.1, 0.15) is 48.5 Å². The lowest BCUT2D eigenvalue weighted by atomic mass is 10.3. The monoisotopic (exact) mass is 579 g/mol. The molecule has 0 N–H and O–H groups in total. The second-order valence-corrected chi connectivity index (χ2v) is 10.1. The molecule has 204 valence electrons. The van der Waals surface area contributed by atoms with Gasteiger partial charge in [0.2, 0.25) is 41.2 Å². The van der Waals surface area contributed by atoms with Gasteiger partial charge in [0.25, 0.3) is 0 Å². The highest BCUT2D eigenvalue weighted by atomic mass is 32.1. The van der Waals surface area contributed by atoms with Crippen LogP contribution in [0.3, 0.4) is 0 Å². The first-order valence-corrected chi connectivity index (χ1v) is 13.3. The van der Waals surface area contributed by atoms with Crippen LogP contribution in [0.5, 0.6) is 0 Å². The van der Waals surface area contributed by atoms with E-state index in [2.05, 4.69) is 34.9 Å². The van der Waals surface area contributed by atoms with Crippen LogP contribution in [-0.4, -0.2) is 34.9 Å². The summed E-state index contributed by atoms with van der Waals surface area (Å²) in [5, 5.41) is 1.92. The normalized spacial score (nSPS) is 12.0. The van der Waals surface area contributed by atoms with E-state index < -0.39 is 0 Å². The topological polar surface area (TPSA) is 182 Å². The Bertz CT molecular complexity index is 2270. The van der Waals surface area contributed by atoms with E-state index in [0.29, 0.717) is 57.3 Å². The van der Waals surface area contributed by atoms with Crippen LogP contribution in [-0.2, 0) is 0 Å². The largest absolute Gasteiger partial charge is 0.443 e. The summed E-state index contributed by atoms with van der Waals surface area (Å²) in [6.45, 7) is 3.55. The number of aryl methyl sites for hydroxylation is 2. The van der Waals surface area contributed by atoms with Crippen molar-refractivity contribution in [2.45, 2.75) is 13.8 Å². The van der Waals surface area contributed by atoms with Gasteiger partial charge in [0.15, 0.2) is 34.2 Å². The molecule has 0 amide bonds. The zero-order valence-corrected chi connectivity index (χ0v) is 22.3. The first-order valence-electron chi connectivity index (χ1n) is 12.4. The molecule has 0 saturated carbocycles. The lowest BCUT2D eigenvalue weighted by molar-refractivity contribution is 0.528. The van der Waals surface area contributed by atoms with E-state index in [1.807, 2.05) is 11.4 Å². The minimum absolute atomic E-state index is 0.195. The Hall–Kier alpha value is -5.83. The number of rotatable bonds is 0. The number of thiophene rings is 1. The molecule has 9 rings (SSSR count). The predicted molar refractivity (Wildman–Crippen MR) is 141 cm³/mol. The van der Waals surface area contributed by atoms with E-state index in [0.717, 1.165) is 10.4 Å². The van der Waals surface area contributed by atoms with Crippen molar-refractivity contribution in [2.24, 2.45) is 0 Å². The summed E-state index contributed by atoms with van der Waals surface area (Å²) in [6.07, 6.45) is 7.20. The molecule has 0 unspecified atom stereocenters. The molecule has 9 heterocycles. The molecule has 0 saturated heterocycles. The molecular formula is C27H13N7O7S. The van der Waals surface area contributed by atoms with Crippen LogP contribution >= 0.6 is 11.3 Å². The van der Waals surface area contributed by atoms with E-state index >= 15 is 0 Å². The molecule has 0 atom stereocenters. The fourth-order valence-corrected chi connectivity index (χ4v) is 5.28. The van der Waals surface area contributed by atoms with Crippen molar-refractivity contribution in [3.8, 4) is 91.5 Å². The Morgan fingerprint density at radius 1 is 0.476 bits per heavy atom. The number of aromatic nitrogens is 7. The number of fused-ring (bicyclic) bond motifs is 24. The fraction of sp³-hybridized carbons (Fsp3) is 0.0741. The summed E-state index contributed by atoms with van der Waals surface area (Å²) >= 11 is 1.47. The van der Waals surface area contributed by atoms with Crippen LogP contribution in [0, 0.1) is 13.8 Å². The summed E-state index contributed by atoms with van der Waals surface area (Å²) in [6, 6.07) is 1.92. The van der Waals surface area contributed by atoms with Crippen molar-refractivity contribution in [3.63, 3.8) is 0 Å². The average molecular weight is 580 g/mol. The molecule has 14 nitrogen and oxygen atoms in total. The highest BCUT2D eigenvalue weighted by Gasteiger charge is 2.25. The van der Waals surface area contributed by atoms with Gasteiger partial charge >= 0.3 is 0 Å². The fourth-order valence-electron chi connectivity index (χ4n) is 4.45. The smallest absolute Gasteiger partial charge is 0.249 e. The van der Waals surface area contributed by atoms with Gasteiger partial charge in [-0.05, 0) is 19.9 Å². The van der Waals surface area contributed by atoms with E-state index in [4.69, 9.17) is 30.9 Å². The van der Waals surface area contributed by atoms with E-state index in [1.54, 1.807) is 20.1 Å². The number of hydrogen-bond donors (Lipinski definition) is 0. The standard InChI is InChI=1S/C27H13N7O7S/c1-10-19-26-32-17(8-39-26)25-31-16(7-38-25)24-30-15(6-37-24)23-29-14(5-36-23)22-28-13(4-35-22)18-3-12(9-42-18)21-33-20(11(2)40-21)27(34-19)41-10/h3-9H,1-2H3. The maximum Gasteiger partial charge on any atom is 0.249 e. The molecule has 0 radical (unpaired) electrons. The van der Waals surface area contributed by atoms with Gasteiger partial charge in [0, 0.05) is 10.9 Å². The van der Waals surface area contributed by atoms with Gasteiger partial charge < -0.3 is 30.9 Å². The van der Waals surface area contributed by atoms with E-state index in [-0.39, 0.29) is 35.3 Å². The Labute approximate surface area is 236 Å². The third kappa shape index (κ3) is 3.46. The first-order chi connectivity index (χ1) is 20.6. The number of hydrogen-bond acceptors (Lipinski definition) is 15. The Morgan fingerprint density at radius 3 is 1.50 bits per heavy atom. The SMILES string of the molecule is Cc1oc2nc1-c1nc(c(C)o1)-c1nc(co1)-c1nc(co1)-c1nc(co1)-c1nc(co1)-c1nc(co1)-c1cc-2cs1. The number of oxazole rings is 7. The van der Waals surface area contributed by atoms with Gasteiger partial charge in [-0.15, -0.1) is 11.3 Å². The van der Waals surface area contributed by atoms with Gasteiger partial charge in [-0.25, -0.2) is 34.9 Å². The zero-order chi connectivity index (χ0) is 27.9. The van der Waals surface area contributed by atoms with Gasteiger partial charge in [-0.2, -0.15) is 0 Å². The molecule has 0 aliphatic carbocycles. The van der Waals surface area contributed by atoms with Crippen molar-refractivity contribution in [1.29, 1.82) is 0 Å². The lowest BCUT2D eigenvalue weighted by Crippen LogP contribution is -1.85. The summed E-state index contributed by atoms with van der Waals surface area (Å²) < 4.78 is 40.2. The van der Waals surface area contributed by atoms with Crippen molar-refractivity contribution in [1.82, 2.24) is 34.9 Å². The molecule has 1 aliphatic heterocycles. The van der Waals surface area contributed by atoms with E-state index in [9.17, 15) is 0 Å². The van der Waals surface area contributed by atoms with Crippen LogP contribution < -0.4 is 0 Å². The van der Waals surface area contributed by atoms with Gasteiger partial charge in [-0.1, -0.05) is 0 Å². The molecule has 42 heavy (non-hydrogen) atoms. The highest BCUT2D eigenvalue weighted by molar-refractivity contribution is 7.14. The Balaban J connectivity index is 1.20. The molecule has 8 aromatic rings. The molecule has 15 heteroatoms. The molecule has 1 aliphatic rings. The minimum atomic E-state index is 0.195. The quantitative estimate of drug-likeness (QED) is 0.180. The predicted octanol–water partition coefficient (Wildman–Crippen LogP) is 6.93. The maximum absolute atomic E-state index is 5.99. The van der Waals surface area contributed by atoms with Crippen LogP contribution in [0.15, 0.2) is 73.7 Å². The van der Waals surface area contributed by atoms with Crippen molar-refractivity contribution >= 4 is 11.3 Å². The lowest BCUT2D eigenvalue weighted by Gasteiger charge is -1.88. The van der Waals surface area contributed by atoms with Crippen molar-refractivity contribution < 1.29 is 30.9 Å². The third-order valence-electron chi connectivity index (χ3n) is 6.49. The molecule has 8 aromatic heterocycles. The van der Waals surface area contributed by atoms with Crippen molar-refractivity contribution in [2.75, 3.05) is 0 Å². The Kier molecular flexibility index (Phi) is 4.55. The summed E-state index contributed by atoms with van der Waals surface area (Å²) in [5.41, 5.74) is 3.68. The van der Waals surface area contributed by atoms with Crippen LogP contribution in [0.1, 0.15) is 11.5 Å². The molecule has 0 aromatic carbocycles. The van der Waals surface area contributed by atoms with Crippen molar-refractivity contribution in [3.05, 3.63) is 54.3 Å². The molecule has 0 fully saturated rings. The second-order valence-electron chi connectivity index (χ2n) is 9.24. The third-order valence-corrected chi connectivity index (χ3v) is 7.45. The summed E-state index contributed by atoms with van der Waals surface area (Å²) in [5.74, 6) is 2.82. The highest BCUT2D eigenvalue weighted by Crippen LogP contribution is 2.37. The first kappa shape index (κ1) is 22.9. The summed E-state index contributed by atoms with van der Waals surface area (Å²) in [4.78, 5) is 32.6. The Morgan fingerprint density at radius 2 is 0.905 bits per heavy atom. The van der Waals surface area contributed by atoms with Gasteiger partial charge in [-0.3, -0.25) is 0 Å². The number of nitrogens with zero attached hydrogens (tertiary/aromatic N) is 7. The molecule has 16 bridgehead atoms. The zero-order valence-electron chi connectivity index (χ0n) is 21.4. The molecule has 0 spiro atoms. The minimum Gasteiger partial charge on any atom is -0.443 e.